The first kappa shape index (κ1) is 19.1. The summed E-state index contributed by atoms with van der Waals surface area (Å²) in [6.07, 6.45) is 4.24. The zero-order chi connectivity index (χ0) is 18.1. The van der Waals surface area contributed by atoms with Crippen LogP contribution in [-0.4, -0.2) is 0 Å². The average molecular weight is 349 g/mol. The topological polar surface area (TPSA) is 47.6 Å². The minimum atomic E-state index is -0.902. The zero-order valence-corrected chi connectivity index (χ0v) is 15.8. The molecule has 0 spiro atoms. The summed E-state index contributed by atoms with van der Waals surface area (Å²) in [5, 5.41) is 19.1. The Hall–Kier alpha value is -2.23. The van der Waals surface area contributed by atoms with Gasteiger partial charge in [0.25, 0.3) is 0 Å². The van der Waals surface area contributed by atoms with Gasteiger partial charge in [-0.15, -0.1) is 0 Å². The molecule has 2 nitrogen and oxygen atoms in total. The first-order valence-electron chi connectivity index (χ1n) is 8.77. The smallest absolute Gasteiger partial charge is 0.147 e. The Balaban J connectivity index is 2.04. The molecule has 0 amide bonds. The molecule has 128 valence electrons. The van der Waals surface area contributed by atoms with Gasteiger partial charge in [-0.2, -0.15) is 10.5 Å². The third-order valence-electron chi connectivity index (χ3n) is 4.32. The Bertz CT molecular complexity index is 735. The first-order valence-corrected chi connectivity index (χ1v) is 9.58. The lowest BCUT2D eigenvalue weighted by molar-refractivity contribution is 0.445. The molecular weight excluding hydrogens is 324 g/mol. The molecule has 2 aromatic carbocycles. The van der Waals surface area contributed by atoms with Crippen molar-refractivity contribution in [2.45, 2.75) is 55.7 Å². The van der Waals surface area contributed by atoms with Gasteiger partial charge in [-0.3, -0.25) is 0 Å². The molecule has 0 aliphatic heterocycles. The maximum atomic E-state index is 9.53. The molecule has 0 atom stereocenters. The van der Waals surface area contributed by atoms with Crippen LogP contribution in [0.3, 0.4) is 0 Å². The van der Waals surface area contributed by atoms with Crippen molar-refractivity contribution < 1.29 is 0 Å². The number of unbranched alkanes of at least 4 members (excludes halogenated alkanes) is 2. The summed E-state index contributed by atoms with van der Waals surface area (Å²) in [6.45, 7) is 4.21. The number of nitriles is 2. The molecule has 0 radical (unpaired) electrons. The van der Waals surface area contributed by atoms with Gasteiger partial charge in [0.05, 0.1) is 12.1 Å². The fourth-order valence-electron chi connectivity index (χ4n) is 2.75. The number of hydrogen-bond acceptors (Lipinski definition) is 3. The van der Waals surface area contributed by atoms with Crippen molar-refractivity contribution in [3.63, 3.8) is 0 Å². The third-order valence-corrected chi connectivity index (χ3v) is 5.34. The van der Waals surface area contributed by atoms with Crippen molar-refractivity contribution in [3.8, 4) is 12.1 Å². The molecule has 3 heteroatoms. The molecule has 0 aliphatic carbocycles. The molecule has 0 aliphatic rings. The van der Waals surface area contributed by atoms with Gasteiger partial charge in [-0.1, -0.05) is 67.8 Å². The quantitative estimate of drug-likeness (QED) is 0.526. The van der Waals surface area contributed by atoms with Gasteiger partial charge in [-0.25, -0.2) is 0 Å². The first-order chi connectivity index (χ1) is 12.1. The van der Waals surface area contributed by atoms with E-state index in [1.807, 2.05) is 12.1 Å². The van der Waals surface area contributed by atoms with Gasteiger partial charge in [0.2, 0.25) is 0 Å². The molecule has 0 saturated heterocycles. The maximum Gasteiger partial charge on any atom is 0.147 e. The molecule has 0 aromatic heterocycles. The fraction of sp³-hybridized carbons (Fsp3) is 0.364. The van der Waals surface area contributed by atoms with Gasteiger partial charge in [-0.05, 0) is 43.2 Å². The molecular formula is C22H24N2S. The Morgan fingerprint density at radius 1 is 0.880 bits per heavy atom. The summed E-state index contributed by atoms with van der Waals surface area (Å²) in [5.74, 6) is 0. The molecule has 0 N–H and O–H groups in total. The number of rotatable bonds is 8. The van der Waals surface area contributed by atoms with E-state index in [0.717, 1.165) is 29.7 Å². The maximum absolute atomic E-state index is 9.53. The van der Waals surface area contributed by atoms with Crippen molar-refractivity contribution in [1.82, 2.24) is 0 Å². The molecule has 0 fully saturated rings. The summed E-state index contributed by atoms with van der Waals surface area (Å²) in [4.78, 5) is 2.37. The second kappa shape index (κ2) is 9.30. The van der Waals surface area contributed by atoms with Gasteiger partial charge in [0.15, 0.2) is 0 Å². The van der Waals surface area contributed by atoms with Crippen LogP contribution in [0.25, 0.3) is 0 Å². The van der Waals surface area contributed by atoms with E-state index in [0.29, 0.717) is 12.8 Å². The summed E-state index contributed by atoms with van der Waals surface area (Å²) in [7, 11) is 0. The van der Waals surface area contributed by atoms with Gasteiger partial charge in [0, 0.05) is 16.2 Å². The highest BCUT2D eigenvalue weighted by atomic mass is 32.2. The molecule has 0 saturated carbocycles. The van der Waals surface area contributed by atoms with Crippen molar-refractivity contribution in [2.24, 2.45) is 5.41 Å². The molecule has 2 rings (SSSR count). The van der Waals surface area contributed by atoms with E-state index in [4.69, 9.17) is 0 Å². The number of benzene rings is 2. The Morgan fingerprint density at radius 2 is 1.44 bits per heavy atom. The minimum Gasteiger partial charge on any atom is -0.197 e. The Labute approximate surface area is 155 Å². The van der Waals surface area contributed by atoms with Crippen LogP contribution < -0.4 is 0 Å². The van der Waals surface area contributed by atoms with Crippen LogP contribution in [0.5, 0.6) is 0 Å². The number of hydrogen-bond donors (Lipinski definition) is 0. The third kappa shape index (κ3) is 5.66. The van der Waals surface area contributed by atoms with Gasteiger partial charge < -0.3 is 0 Å². The highest BCUT2D eigenvalue weighted by molar-refractivity contribution is 7.99. The van der Waals surface area contributed by atoms with Crippen molar-refractivity contribution in [3.05, 3.63) is 59.7 Å². The van der Waals surface area contributed by atoms with Gasteiger partial charge >= 0.3 is 0 Å². The van der Waals surface area contributed by atoms with Crippen molar-refractivity contribution in [2.75, 3.05) is 0 Å². The summed E-state index contributed by atoms with van der Waals surface area (Å²) in [5.41, 5.74) is 1.40. The lowest BCUT2D eigenvalue weighted by Gasteiger charge is -2.18. The van der Waals surface area contributed by atoms with E-state index < -0.39 is 5.41 Å². The second-order valence-corrected chi connectivity index (χ2v) is 7.65. The van der Waals surface area contributed by atoms with Gasteiger partial charge in [0.1, 0.15) is 5.41 Å². The van der Waals surface area contributed by atoms with Crippen LogP contribution in [-0.2, 0) is 6.42 Å². The SMILES string of the molecule is CCCCCC(C#N)(C#N)Cc1ccc(Sc2ccc(C)cc2)cc1. The van der Waals surface area contributed by atoms with E-state index in [1.54, 1.807) is 11.8 Å². The van der Waals surface area contributed by atoms with E-state index in [-0.39, 0.29) is 0 Å². The van der Waals surface area contributed by atoms with E-state index >= 15 is 0 Å². The zero-order valence-electron chi connectivity index (χ0n) is 15.0. The highest BCUT2D eigenvalue weighted by Crippen LogP contribution is 2.31. The summed E-state index contributed by atoms with van der Waals surface area (Å²) in [6, 6.07) is 21.2. The molecule has 25 heavy (non-hydrogen) atoms. The van der Waals surface area contributed by atoms with Crippen LogP contribution in [0.4, 0.5) is 0 Å². The largest absolute Gasteiger partial charge is 0.197 e. The van der Waals surface area contributed by atoms with Crippen molar-refractivity contribution >= 4 is 11.8 Å². The second-order valence-electron chi connectivity index (χ2n) is 6.50. The lowest BCUT2D eigenvalue weighted by atomic mass is 9.80. The monoisotopic (exact) mass is 348 g/mol. The van der Waals surface area contributed by atoms with E-state index in [1.165, 1.54) is 10.5 Å². The Kier molecular flexibility index (Phi) is 7.11. The van der Waals surface area contributed by atoms with Crippen LogP contribution in [0.15, 0.2) is 58.3 Å². The van der Waals surface area contributed by atoms with E-state index in [2.05, 4.69) is 62.4 Å². The molecule has 0 bridgehead atoms. The summed E-state index contributed by atoms with van der Waals surface area (Å²) >= 11 is 1.72. The van der Waals surface area contributed by atoms with Crippen LogP contribution >= 0.6 is 11.8 Å². The summed E-state index contributed by atoms with van der Waals surface area (Å²) < 4.78 is 0. The van der Waals surface area contributed by atoms with Crippen LogP contribution in [0.2, 0.25) is 0 Å². The fourth-order valence-corrected chi connectivity index (χ4v) is 3.56. The molecule has 0 heterocycles. The molecule has 0 unspecified atom stereocenters. The van der Waals surface area contributed by atoms with E-state index in [9.17, 15) is 10.5 Å². The number of aryl methyl sites for hydroxylation is 1. The van der Waals surface area contributed by atoms with Crippen molar-refractivity contribution in [1.29, 1.82) is 10.5 Å². The number of nitrogens with zero attached hydrogens (tertiary/aromatic N) is 2. The predicted molar refractivity (Wildman–Crippen MR) is 103 cm³/mol. The highest BCUT2D eigenvalue weighted by Gasteiger charge is 2.29. The predicted octanol–water partition coefficient (Wildman–Crippen LogP) is 6.30. The standard InChI is InChI=1S/C22H24N2S/c1-3-4-5-14-22(16-23,17-24)15-19-8-12-21(13-9-19)25-20-10-6-18(2)7-11-20/h6-13H,3-5,14-15H2,1-2H3. The lowest BCUT2D eigenvalue weighted by Crippen LogP contribution is -2.19. The normalized spacial score (nSPS) is 10.9. The Morgan fingerprint density at radius 3 is 1.96 bits per heavy atom. The van der Waals surface area contributed by atoms with Crippen LogP contribution in [0.1, 0.15) is 43.7 Å². The minimum absolute atomic E-state index is 0.499. The molecule has 2 aromatic rings. The van der Waals surface area contributed by atoms with Crippen LogP contribution in [0, 0.1) is 35.0 Å². The average Bonchev–Trinajstić information content (AvgIpc) is 2.64.